The molecule has 0 radical (unpaired) electrons. The van der Waals surface area contributed by atoms with Gasteiger partial charge in [-0.1, -0.05) is 11.6 Å². The molecule has 3 N–H and O–H groups in total. The zero-order chi connectivity index (χ0) is 31.9. The lowest BCUT2D eigenvalue weighted by atomic mass is 10.1. The molecule has 2 aliphatic rings. The van der Waals surface area contributed by atoms with Crippen LogP contribution in [0.2, 0.25) is 5.02 Å². The maximum absolute atomic E-state index is 13.8. The monoisotopic (exact) mass is 641 g/mol. The number of nitriles is 1. The quantitative estimate of drug-likeness (QED) is 0.336. The summed E-state index contributed by atoms with van der Waals surface area (Å²) in [7, 11) is 0. The van der Waals surface area contributed by atoms with E-state index in [1.807, 2.05) is 0 Å². The Morgan fingerprint density at radius 1 is 1.11 bits per heavy atom. The number of hydrogen-bond acceptors (Lipinski definition) is 8. The van der Waals surface area contributed by atoms with Gasteiger partial charge in [0, 0.05) is 69.6 Å². The number of amides is 3. The second kappa shape index (κ2) is 11.9. The van der Waals surface area contributed by atoms with Gasteiger partial charge < -0.3 is 25.8 Å². The van der Waals surface area contributed by atoms with Crippen molar-refractivity contribution in [3.8, 4) is 17.3 Å². The first-order valence-corrected chi connectivity index (χ1v) is 14.4. The summed E-state index contributed by atoms with van der Waals surface area (Å²) in [6.07, 6.45) is 1.31. The van der Waals surface area contributed by atoms with E-state index in [1.165, 1.54) is 23.0 Å². The molecule has 3 amide bonds. The highest BCUT2D eigenvalue weighted by atomic mass is 35.5. The molecule has 45 heavy (non-hydrogen) atoms. The van der Waals surface area contributed by atoms with Gasteiger partial charge in [0.15, 0.2) is 17.2 Å². The second-order valence-corrected chi connectivity index (χ2v) is 11.1. The molecule has 2 aliphatic heterocycles. The van der Waals surface area contributed by atoms with Crippen molar-refractivity contribution in [3.05, 3.63) is 59.3 Å². The predicted molar refractivity (Wildman–Crippen MR) is 157 cm³/mol. The molecule has 17 heteroatoms. The van der Waals surface area contributed by atoms with Gasteiger partial charge in [0.2, 0.25) is 0 Å². The lowest BCUT2D eigenvalue weighted by Gasteiger charge is -2.36. The zero-order valence-corrected chi connectivity index (χ0v) is 24.5. The number of aromatic nitrogens is 5. The molecule has 0 saturated carbocycles. The first kappa shape index (κ1) is 30.2. The number of carbonyl (C=O) groups excluding carboxylic acids is 2. The number of alkyl halides is 3. The molecular formula is C28H27ClF3N11O2. The van der Waals surface area contributed by atoms with E-state index in [2.05, 4.69) is 20.4 Å². The first-order chi connectivity index (χ1) is 21.5. The number of urea groups is 1. The lowest BCUT2D eigenvalue weighted by Crippen LogP contribution is -2.54. The average molecular weight is 642 g/mol. The number of imidazole rings is 1. The summed E-state index contributed by atoms with van der Waals surface area (Å²) in [6, 6.07) is 6.48. The fraction of sp³-hybridized carbons (Fsp3) is 0.357. The number of anilines is 2. The van der Waals surface area contributed by atoms with Gasteiger partial charge in [0.25, 0.3) is 5.91 Å². The number of carbonyl (C=O) groups is 2. The van der Waals surface area contributed by atoms with Crippen molar-refractivity contribution in [2.24, 2.45) is 5.73 Å². The van der Waals surface area contributed by atoms with E-state index in [9.17, 15) is 22.8 Å². The van der Waals surface area contributed by atoms with Crippen LogP contribution < -0.4 is 11.1 Å². The van der Waals surface area contributed by atoms with Crippen LogP contribution in [0.25, 0.3) is 16.9 Å². The van der Waals surface area contributed by atoms with Gasteiger partial charge in [-0.05, 0) is 24.6 Å². The van der Waals surface area contributed by atoms with Crippen molar-refractivity contribution < 1.29 is 22.8 Å². The number of benzene rings is 1. The van der Waals surface area contributed by atoms with Gasteiger partial charge in [-0.2, -0.15) is 23.5 Å². The van der Waals surface area contributed by atoms with Crippen LogP contribution in [0.5, 0.6) is 0 Å². The predicted octanol–water partition coefficient (Wildman–Crippen LogP) is 3.44. The molecule has 2 fully saturated rings. The molecular weight excluding hydrogens is 615 g/mol. The van der Waals surface area contributed by atoms with E-state index in [1.54, 1.807) is 39.0 Å². The molecule has 0 aliphatic carbocycles. The molecule has 13 nitrogen and oxygen atoms in total. The van der Waals surface area contributed by atoms with Crippen molar-refractivity contribution in [2.45, 2.75) is 25.2 Å². The Morgan fingerprint density at radius 3 is 2.53 bits per heavy atom. The van der Waals surface area contributed by atoms with E-state index in [0.717, 1.165) is 17.3 Å². The highest BCUT2D eigenvalue weighted by Crippen LogP contribution is 2.37. The fourth-order valence-electron chi connectivity index (χ4n) is 5.51. The third-order valence-corrected chi connectivity index (χ3v) is 8.07. The highest BCUT2D eigenvalue weighted by molar-refractivity contribution is 6.34. The molecule has 4 aromatic rings. The summed E-state index contributed by atoms with van der Waals surface area (Å²) in [5.74, 6) is -0.0333. The molecule has 5 heterocycles. The van der Waals surface area contributed by atoms with Crippen molar-refractivity contribution in [2.75, 3.05) is 44.6 Å². The molecule has 3 aromatic heterocycles. The third-order valence-electron chi connectivity index (χ3n) is 7.76. The van der Waals surface area contributed by atoms with Gasteiger partial charge in [-0.3, -0.25) is 13.9 Å². The molecule has 234 valence electrons. The minimum Gasteiger partial charge on any atom is -0.337 e. The molecule has 0 bridgehead atoms. The molecule has 1 aromatic carbocycles. The van der Waals surface area contributed by atoms with Crippen LogP contribution in [0.3, 0.4) is 0 Å². The van der Waals surface area contributed by atoms with Gasteiger partial charge in [-0.25, -0.2) is 14.8 Å². The van der Waals surface area contributed by atoms with E-state index >= 15 is 0 Å². The smallest absolute Gasteiger partial charge is 0.337 e. The number of fused-ring (bicyclic) bond motifs is 1. The van der Waals surface area contributed by atoms with Crippen molar-refractivity contribution in [1.29, 1.82) is 5.26 Å². The topological polar surface area (TPSA) is 154 Å². The van der Waals surface area contributed by atoms with Gasteiger partial charge in [-0.15, -0.1) is 0 Å². The zero-order valence-electron chi connectivity index (χ0n) is 23.7. The summed E-state index contributed by atoms with van der Waals surface area (Å²) >= 11 is 6.53. The van der Waals surface area contributed by atoms with Crippen molar-refractivity contribution >= 4 is 40.7 Å². The van der Waals surface area contributed by atoms with Crippen LogP contribution in [0.4, 0.5) is 29.5 Å². The summed E-state index contributed by atoms with van der Waals surface area (Å²) in [6.45, 7) is 2.35. The average Bonchev–Trinajstić information content (AvgIpc) is 3.75. The molecule has 0 spiro atoms. The lowest BCUT2D eigenvalue weighted by molar-refractivity contribution is -0.141. The standard InChI is InChI=1S/C28H27ClF3N11O2/c29-21-13-18(1-2-19(21)26(44)39-9-11-40(12-10-39)27(45)41-6-3-17(34)15-41)37-24-25-36-14-22(43(25)8-5-35-24)20-16-42(7-4-33)38-23(20)28(30,31)32/h1-2,5,8,13-14,16-17H,3,6-7,9-12,15,34H2,(H,35,37)/t17-/m0/s1. The number of nitrogens with zero attached hydrogens (tertiary/aromatic N) is 9. The Labute approximate surface area is 259 Å². The Bertz CT molecular complexity index is 1810. The van der Waals surface area contributed by atoms with Crippen LogP contribution in [0.15, 0.2) is 43.0 Å². The Morgan fingerprint density at radius 2 is 1.87 bits per heavy atom. The molecule has 2 saturated heterocycles. The number of rotatable bonds is 5. The Hall–Kier alpha value is -4.88. The van der Waals surface area contributed by atoms with Crippen molar-refractivity contribution in [1.82, 2.24) is 38.8 Å². The van der Waals surface area contributed by atoms with E-state index in [4.69, 9.17) is 22.6 Å². The highest BCUT2D eigenvalue weighted by Gasteiger charge is 2.38. The van der Waals surface area contributed by atoms with E-state index in [0.29, 0.717) is 45.0 Å². The maximum Gasteiger partial charge on any atom is 0.435 e. The van der Waals surface area contributed by atoms with Crippen LogP contribution in [0.1, 0.15) is 22.5 Å². The van der Waals surface area contributed by atoms with Crippen molar-refractivity contribution in [3.63, 3.8) is 0 Å². The number of hydrogen-bond donors (Lipinski definition) is 2. The molecule has 6 rings (SSSR count). The van der Waals surface area contributed by atoms with Crippen LogP contribution >= 0.6 is 11.6 Å². The van der Waals surface area contributed by atoms with Gasteiger partial charge >= 0.3 is 12.2 Å². The van der Waals surface area contributed by atoms with E-state index < -0.39 is 11.9 Å². The molecule has 0 unspecified atom stereocenters. The van der Waals surface area contributed by atoms with Crippen LogP contribution in [0, 0.1) is 11.3 Å². The normalized spacial score (nSPS) is 17.2. The SMILES string of the molecule is N#CCn1cc(-c2cnc3c(Nc4ccc(C(=O)N5CCN(C(=O)N6CC[C@H](N)C6)CC5)c(Cl)c4)nccn23)c(C(F)(F)F)n1. The van der Waals surface area contributed by atoms with Crippen LogP contribution in [-0.2, 0) is 12.7 Å². The Balaban J connectivity index is 1.17. The molecule has 1 atom stereocenters. The number of nitrogens with one attached hydrogen (secondary N) is 1. The largest absolute Gasteiger partial charge is 0.435 e. The minimum absolute atomic E-state index is 0.00408. The number of likely N-dealkylation sites (tertiary alicyclic amines) is 1. The summed E-state index contributed by atoms with van der Waals surface area (Å²) in [5.41, 5.74) is 5.65. The second-order valence-electron chi connectivity index (χ2n) is 10.7. The minimum atomic E-state index is -4.75. The van der Waals surface area contributed by atoms with Gasteiger partial charge in [0.05, 0.1) is 34.1 Å². The Kier molecular flexibility index (Phi) is 7.97. The number of piperazine rings is 1. The number of nitrogens with two attached hydrogens (primary N) is 1. The maximum atomic E-state index is 13.8. The third kappa shape index (κ3) is 5.96. The first-order valence-electron chi connectivity index (χ1n) is 14.0. The van der Waals surface area contributed by atoms with Crippen LogP contribution in [-0.4, -0.2) is 96.1 Å². The number of halogens is 4. The summed E-state index contributed by atoms with van der Waals surface area (Å²) in [4.78, 5) is 39.7. The fourth-order valence-corrected chi connectivity index (χ4v) is 5.77. The summed E-state index contributed by atoms with van der Waals surface area (Å²) in [5, 5.41) is 15.7. The van der Waals surface area contributed by atoms with E-state index in [-0.39, 0.29) is 57.8 Å². The van der Waals surface area contributed by atoms with Gasteiger partial charge in [0.1, 0.15) is 6.54 Å². The summed E-state index contributed by atoms with van der Waals surface area (Å²) < 4.78 is 43.6.